The van der Waals surface area contributed by atoms with Gasteiger partial charge in [-0.2, -0.15) is 13.2 Å². The summed E-state index contributed by atoms with van der Waals surface area (Å²) >= 11 is 0. The average molecular weight is 366 g/mol. The smallest absolute Gasteiger partial charge is 0.398 e. The molecule has 1 aromatic rings. The minimum absolute atomic E-state index is 0.0236. The number of alkyl halides is 3. The number of hydrogen-bond acceptors (Lipinski definition) is 5. The Morgan fingerprint density at radius 3 is 2.42 bits per heavy atom. The third-order valence-electron chi connectivity index (χ3n) is 3.26. The van der Waals surface area contributed by atoms with Crippen molar-refractivity contribution in [2.24, 2.45) is 5.92 Å². The zero-order valence-corrected chi connectivity index (χ0v) is 13.8. The van der Waals surface area contributed by atoms with Gasteiger partial charge in [0.25, 0.3) is 5.69 Å². The molecule has 0 radical (unpaired) electrons. The first-order valence-electron chi connectivity index (χ1n) is 6.91. The number of benzene rings is 1. The molecule has 0 aromatic heterocycles. The van der Waals surface area contributed by atoms with Gasteiger partial charge in [-0.25, -0.2) is 8.42 Å². The van der Waals surface area contributed by atoms with Crippen molar-refractivity contribution in [1.82, 2.24) is 0 Å². The lowest BCUT2D eigenvalue weighted by molar-refractivity contribution is -0.388. The largest absolute Gasteiger partial charge is 0.423 e. The number of halogens is 3. The van der Waals surface area contributed by atoms with Crippen LogP contribution in [0.25, 0.3) is 6.08 Å². The summed E-state index contributed by atoms with van der Waals surface area (Å²) in [6.07, 6.45) is -2.17. The number of nitro benzene ring substituents is 1. The Bertz CT molecular complexity index is 758. The van der Waals surface area contributed by atoms with Crippen molar-refractivity contribution in [3.05, 3.63) is 39.4 Å². The van der Waals surface area contributed by atoms with Gasteiger partial charge in [0.2, 0.25) is 0 Å². The van der Waals surface area contributed by atoms with E-state index in [9.17, 15) is 31.7 Å². The van der Waals surface area contributed by atoms with Gasteiger partial charge in [0.05, 0.1) is 10.7 Å². The number of anilines is 1. The van der Waals surface area contributed by atoms with Crippen molar-refractivity contribution >= 4 is 27.3 Å². The highest BCUT2D eigenvalue weighted by Crippen LogP contribution is 2.38. The zero-order chi connectivity index (χ0) is 18.7. The van der Waals surface area contributed by atoms with Crippen molar-refractivity contribution in [3.63, 3.8) is 0 Å². The third kappa shape index (κ3) is 5.22. The van der Waals surface area contributed by atoms with Gasteiger partial charge in [-0.15, -0.1) is 0 Å². The monoisotopic (exact) mass is 366 g/mol. The standard InChI is InChI=1S/C14H17F3N2O4S/c1-3-24(22,23)8-9(2)4-5-10-6-13(19(20)21)11(7-12(10)18)14(15,16)17/h4-7,9H,3,8,18H2,1-2H3/b5-4+. The van der Waals surface area contributed by atoms with E-state index >= 15 is 0 Å². The highest BCUT2D eigenvalue weighted by molar-refractivity contribution is 7.91. The van der Waals surface area contributed by atoms with Crippen molar-refractivity contribution in [2.75, 3.05) is 17.2 Å². The fourth-order valence-corrected chi connectivity index (χ4v) is 3.13. The van der Waals surface area contributed by atoms with Crippen LogP contribution in [-0.2, 0) is 16.0 Å². The first-order valence-corrected chi connectivity index (χ1v) is 8.73. The number of hydrogen-bond donors (Lipinski definition) is 1. The second-order valence-corrected chi connectivity index (χ2v) is 7.69. The van der Waals surface area contributed by atoms with Crippen molar-refractivity contribution in [1.29, 1.82) is 0 Å². The van der Waals surface area contributed by atoms with Crippen LogP contribution in [0.5, 0.6) is 0 Å². The van der Waals surface area contributed by atoms with Gasteiger partial charge in [-0.1, -0.05) is 26.0 Å². The van der Waals surface area contributed by atoms with Crippen LogP contribution >= 0.6 is 0 Å². The number of sulfone groups is 1. The average Bonchev–Trinajstić information content (AvgIpc) is 2.44. The Balaban J connectivity index is 3.20. The highest BCUT2D eigenvalue weighted by Gasteiger charge is 2.38. The molecule has 0 bridgehead atoms. The van der Waals surface area contributed by atoms with Crippen LogP contribution in [0, 0.1) is 16.0 Å². The number of nitrogens with two attached hydrogens (primary N) is 1. The summed E-state index contributed by atoms with van der Waals surface area (Å²) in [5.74, 6) is -0.586. The van der Waals surface area contributed by atoms with Gasteiger partial charge in [0, 0.05) is 23.1 Å². The molecule has 2 N–H and O–H groups in total. The molecule has 1 unspecified atom stereocenters. The molecule has 0 saturated carbocycles. The molecule has 1 atom stereocenters. The number of rotatable bonds is 6. The Morgan fingerprint density at radius 1 is 1.38 bits per heavy atom. The Morgan fingerprint density at radius 2 is 1.96 bits per heavy atom. The summed E-state index contributed by atoms with van der Waals surface area (Å²) in [7, 11) is -3.22. The number of allylic oxidation sites excluding steroid dienone is 1. The van der Waals surface area contributed by atoms with E-state index in [1.54, 1.807) is 6.92 Å². The molecule has 0 fully saturated rings. The first-order chi connectivity index (χ1) is 10.9. The molecule has 6 nitrogen and oxygen atoms in total. The van der Waals surface area contributed by atoms with Crippen LogP contribution in [0.4, 0.5) is 24.5 Å². The molecule has 0 aliphatic rings. The molecule has 0 saturated heterocycles. The van der Waals surface area contributed by atoms with Crippen LogP contribution < -0.4 is 5.73 Å². The molecule has 0 amide bonds. The Kier molecular flexibility index (Phi) is 5.99. The lowest BCUT2D eigenvalue weighted by atomic mass is 10.0. The summed E-state index contributed by atoms with van der Waals surface area (Å²) in [6, 6.07) is 1.24. The second kappa shape index (κ2) is 7.20. The van der Waals surface area contributed by atoms with Crippen molar-refractivity contribution < 1.29 is 26.5 Å². The number of nitro groups is 1. The zero-order valence-electron chi connectivity index (χ0n) is 13.0. The van der Waals surface area contributed by atoms with E-state index in [0.717, 1.165) is 6.07 Å². The summed E-state index contributed by atoms with van der Waals surface area (Å²) in [6.45, 7) is 3.11. The van der Waals surface area contributed by atoms with Gasteiger partial charge in [0.1, 0.15) is 5.56 Å². The van der Waals surface area contributed by atoms with E-state index in [-0.39, 0.29) is 22.8 Å². The summed E-state index contributed by atoms with van der Waals surface area (Å²) in [5.41, 5.74) is 2.74. The Labute approximate surface area is 137 Å². The number of nitrogens with zero attached hydrogens (tertiary/aromatic N) is 1. The maximum atomic E-state index is 12.8. The third-order valence-corrected chi connectivity index (χ3v) is 5.18. The van der Waals surface area contributed by atoms with Crippen LogP contribution in [0.15, 0.2) is 18.2 Å². The van der Waals surface area contributed by atoms with Crippen molar-refractivity contribution in [3.8, 4) is 0 Å². The topological polar surface area (TPSA) is 103 Å². The van der Waals surface area contributed by atoms with Gasteiger partial charge < -0.3 is 5.73 Å². The lowest BCUT2D eigenvalue weighted by Crippen LogP contribution is -2.14. The minimum atomic E-state index is -4.90. The van der Waals surface area contributed by atoms with Crippen LogP contribution in [0.2, 0.25) is 0 Å². The molecule has 10 heteroatoms. The quantitative estimate of drug-likeness (QED) is 0.473. The summed E-state index contributed by atoms with van der Waals surface area (Å²) in [4.78, 5) is 9.72. The molecule has 134 valence electrons. The molecular formula is C14H17F3N2O4S. The maximum absolute atomic E-state index is 12.8. The molecule has 1 aromatic carbocycles. The predicted octanol–water partition coefficient (Wildman–Crippen LogP) is 3.28. The number of nitrogen functional groups attached to an aromatic ring is 1. The fraction of sp³-hybridized carbons (Fsp3) is 0.429. The predicted molar refractivity (Wildman–Crippen MR) is 85.0 cm³/mol. The van der Waals surface area contributed by atoms with Crippen LogP contribution in [0.3, 0.4) is 0 Å². The molecule has 0 aliphatic carbocycles. The van der Waals surface area contributed by atoms with E-state index < -0.39 is 38.1 Å². The van der Waals surface area contributed by atoms with Crippen molar-refractivity contribution in [2.45, 2.75) is 20.0 Å². The van der Waals surface area contributed by atoms with Gasteiger partial charge in [-0.3, -0.25) is 10.1 Å². The molecule has 0 heterocycles. The summed E-state index contributed by atoms with van der Waals surface area (Å²) < 4.78 is 61.5. The fourth-order valence-electron chi connectivity index (χ4n) is 1.99. The van der Waals surface area contributed by atoms with Gasteiger partial charge >= 0.3 is 6.18 Å². The highest BCUT2D eigenvalue weighted by atomic mass is 32.2. The van der Waals surface area contributed by atoms with Crippen LogP contribution in [0.1, 0.15) is 25.0 Å². The van der Waals surface area contributed by atoms with Crippen LogP contribution in [-0.4, -0.2) is 24.8 Å². The van der Waals surface area contributed by atoms with Gasteiger partial charge in [0.15, 0.2) is 9.84 Å². The SMILES string of the molecule is CCS(=O)(=O)CC(C)/C=C/c1cc([N+](=O)[O-])c(C(F)(F)F)cc1N. The van der Waals surface area contributed by atoms with E-state index in [2.05, 4.69) is 0 Å². The normalized spacial score (nSPS) is 14.0. The maximum Gasteiger partial charge on any atom is 0.423 e. The van der Waals surface area contributed by atoms with E-state index in [1.165, 1.54) is 19.1 Å². The lowest BCUT2D eigenvalue weighted by Gasteiger charge is -2.11. The first kappa shape index (κ1) is 19.9. The molecule has 0 aliphatic heterocycles. The molecule has 0 spiro atoms. The van der Waals surface area contributed by atoms with E-state index in [0.29, 0.717) is 6.07 Å². The second-order valence-electron chi connectivity index (χ2n) is 5.29. The summed E-state index contributed by atoms with van der Waals surface area (Å²) in [5, 5.41) is 10.9. The van der Waals surface area contributed by atoms with E-state index in [4.69, 9.17) is 5.73 Å². The molecule has 24 heavy (non-hydrogen) atoms. The van der Waals surface area contributed by atoms with E-state index in [1.807, 2.05) is 0 Å². The molecular weight excluding hydrogens is 349 g/mol. The molecule has 1 rings (SSSR count). The minimum Gasteiger partial charge on any atom is -0.398 e. The van der Waals surface area contributed by atoms with Gasteiger partial charge in [-0.05, 0) is 12.0 Å². The Hall–Kier alpha value is -2.10.